The van der Waals surface area contributed by atoms with Gasteiger partial charge in [0.1, 0.15) is 0 Å². The van der Waals surface area contributed by atoms with Crippen LogP contribution in [0.5, 0.6) is 0 Å². The molecule has 3 heteroatoms. The molecule has 2 N–H and O–H groups in total. The fourth-order valence-electron chi connectivity index (χ4n) is 2.33. The van der Waals surface area contributed by atoms with Crippen molar-refractivity contribution >= 4 is 5.91 Å². The number of nitrogens with one attached hydrogen (secondary N) is 2. The molecule has 0 aromatic rings. The van der Waals surface area contributed by atoms with E-state index in [0.29, 0.717) is 18.5 Å². The molecule has 1 amide bonds. The molecule has 2 atom stereocenters. The van der Waals surface area contributed by atoms with E-state index in [1.54, 1.807) is 0 Å². The van der Waals surface area contributed by atoms with Crippen molar-refractivity contribution in [3.63, 3.8) is 0 Å². The minimum atomic E-state index is 0.216. The van der Waals surface area contributed by atoms with Crippen molar-refractivity contribution in [2.45, 2.75) is 70.9 Å². The first-order valence-corrected chi connectivity index (χ1v) is 6.75. The normalized spacial score (nSPS) is 22.8. The lowest BCUT2D eigenvalue weighted by Crippen LogP contribution is -2.37. The number of amides is 1. The van der Waals surface area contributed by atoms with Gasteiger partial charge in [-0.25, -0.2) is 0 Å². The lowest BCUT2D eigenvalue weighted by atomic mass is 10.0. The predicted octanol–water partition coefficient (Wildman–Crippen LogP) is 2.21. The first-order chi connectivity index (χ1) is 7.72. The molecular weight excluding hydrogens is 200 g/mol. The van der Waals surface area contributed by atoms with Gasteiger partial charge < -0.3 is 10.6 Å². The molecule has 0 bridgehead atoms. The molecule has 0 saturated carbocycles. The van der Waals surface area contributed by atoms with Crippen LogP contribution in [-0.2, 0) is 4.79 Å². The van der Waals surface area contributed by atoms with E-state index in [4.69, 9.17) is 0 Å². The Labute approximate surface area is 99.4 Å². The standard InChI is InChI=1S/C13H26N2O/c1-3-6-11(2)15-13(16)9-8-12-7-4-5-10-14-12/h11-12,14H,3-10H2,1-2H3,(H,15,16). The van der Waals surface area contributed by atoms with Gasteiger partial charge in [-0.1, -0.05) is 19.8 Å². The van der Waals surface area contributed by atoms with Gasteiger partial charge in [0.2, 0.25) is 5.91 Å². The van der Waals surface area contributed by atoms with Crippen LogP contribution in [0.4, 0.5) is 0 Å². The molecule has 1 heterocycles. The van der Waals surface area contributed by atoms with Gasteiger partial charge in [-0.3, -0.25) is 4.79 Å². The van der Waals surface area contributed by atoms with E-state index in [1.165, 1.54) is 19.3 Å². The Morgan fingerprint density at radius 3 is 2.94 bits per heavy atom. The molecule has 2 unspecified atom stereocenters. The molecule has 16 heavy (non-hydrogen) atoms. The van der Waals surface area contributed by atoms with Gasteiger partial charge in [0.25, 0.3) is 0 Å². The second kappa shape index (κ2) is 7.66. The number of carbonyl (C=O) groups excluding carboxylic acids is 1. The Balaban J connectivity index is 2.09. The monoisotopic (exact) mass is 226 g/mol. The zero-order valence-electron chi connectivity index (χ0n) is 10.7. The summed E-state index contributed by atoms with van der Waals surface area (Å²) in [6.45, 7) is 5.35. The third kappa shape index (κ3) is 5.50. The molecule has 1 aliphatic heterocycles. The maximum Gasteiger partial charge on any atom is 0.220 e. The highest BCUT2D eigenvalue weighted by Gasteiger charge is 2.14. The first-order valence-electron chi connectivity index (χ1n) is 6.75. The topological polar surface area (TPSA) is 41.1 Å². The lowest BCUT2D eigenvalue weighted by molar-refractivity contribution is -0.121. The highest BCUT2D eigenvalue weighted by molar-refractivity contribution is 5.76. The van der Waals surface area contributed by atoms with Crippen LogP contribution in [0.3, 0.4) is 0 Å². The second-order valence-electron chi connectivity index (χ2n) is 4.94. The van der Waals surface area contributed by atoms with Crippen molar-refractivity contribution in [3.05, 3.63) is 0 Å². The maximum atomic E-state index is 11.6. The summed E-state index contributed by atoms with van der Waals surface area (Å²) in [5.74, 6) is 0.216. The van der Waals surface area contributed by atoms with E-state index in [9.17, 15) is 4.79 Å². The minimum Gasteiger partial charge on any atom is -0.354 e. The largest absolute Gasteiger partial charge is 0.354 e. The quantitative estimate of drug-likeness (QED) is 0.729. The van der Waals surface area contributed by atoms with Crippen molar-refractivity contribution in [1.82, 2.24) is 10.6 Å². The molecule has 0 radical (unpaired) electrons. The Bertz CT molecular complexity index is 200. The fourth-order valence-corrected chi connectivity index (χ4v) is 2.33. The van der Waals surface area contributed by atoms with E-state index in [1.807, 2.05) is 0 Å². The maximum absolute atomic E-state index is 11.6. The van der Waals surface area contributed by atoms with Crippen molar-refractivity contribution in [3.8, 4) is 0 Å². The summed E-state index contributed by atoms with van der Waals surface area (Å²) < 4.78 is 0. The molecule has 0 aromatic heterocycles. The second-order valence-corrected chi connectivity index (χ2v) is 4.94. The zero-order chi connectivity index (χ0) is 11.8. The van der Waals surface area contributed by atoms with Crippen molar-refractivity contribution in [2.75, 3.05) is 6.54 Å². The molecule has 0 aliphatic carbocycles. The molecule has 3 nitrogen and oxygen atoms in total. The first kappa shape index (κ1) is 13.5. The molecule has 1 saturated heterocycles. The minimum absolute atomic E-state index is 0.216. The Morgan fingerprint density at radius 1 is 1.50 bits per heavy atom. The van der Waals surface area contributed by atoms with Crippen LogP contribution >= 0.6 is 0 Å². The van der Waals surface area contributed by atoms with Gasteiger partial charge in [0.05, 0.1) is 0 Å². The van der Waals surface area contributed by atoms with Crippen LogP contribution in [0, 0.1) is 0 Å². The Hall–Kier alpha value is -0.570. The van der Waals surface area contributed by atoms with E-state index in [0.717, 1.165) is 25.8 Å². The highest BCUT2D eigenvalue weighted by atomic mass is 16.1. The van der Waals surface area contributed by atoms with Gasteiger partial charge >= 0.3 is 0 Å². The van der Waals surface area contributed by atoms with Gasteiger partial charge in [-0.05, 0) is 39.2 Å². The van der Waals surface area contributed by atoms with Crippen LogP contribution < -0.4 is 10.6 Å². The summed E-state index contributed by atoms with van der Waals surface area (Å²) in [4.78, 5) is 11.6. The predicted molar refractivity (Wildman–Crippen MR) is 67.4 cm³/mol. The molecule has 94 valence electrons. The van der Waals surface area contributed by atoms with Crippen molar-refractivity contribution < 1.29 is 4.79 Å². The summed E-state index contributed by atoms with van der Waals surface area (Å²) in [6.07, 6.45) is 7.70. The summed E-state index contributed by atoms with van der Waals surface area (Å²) >= 11 is 0. The lowest BCUT2D eigenvalue weighted by Gasteiger charge is -2.23. The van der Waals surface area contributed by atoms with E-state index in [2.05, 4.69) is 24.5 Å². The molecule has 0 aromatic carbocycles. The fraction of sp³-hybridized carbons (Fsp3) is 0.923. The molecule has 1 fully saturated rings. The van der Waals surface area contributed by atoms with Gasteiger partial charge in [-0.15, -0.1) is 0 Å². The van der Waals surface area contributed by atoms with Crippen molar-refractivity contribution in [2.24, 2.45) is 0 Å². The average molecular weight is 226 g/mol. The van der Waals surface area contributed by atoms with Crippen molar-refractivity contribution in [1.29, 1.82) is 0 Å². The SMILES string of the molecule is CCCC(C)NC(=O)CCC1CCCCN1. The van der Waals surface area contributed by atoms with E-state index < -0.39 is 0 Å². The Kier molecular flexibility index (Phi) is 6.46. The third-order valence-electron chi connectivity index (χ3n) is 3.26. The summed E-state index contributed by atoms with van der Waals surface area (Å²) in [5, 5.41) is 6.53. The summed E-state index contributed by atoms with van der Waals surface area (Å²) in [6, 6.07) is 0.901. The number of piperidine rings is 1. The molecule has 1 aliphatic rings. The van der Waals surface area contributed by atoms with Crippen LogP contribution in [0.2, 0.25) is 0 Å². The average Bonchev–Trinajstić information content (AvgIpc) is 2.28. The van der Waals surface area contributed by atoms with E-state index >= 15 is 0 Å². The number of carbonyl (C=O) groups is 1. The summed E-state index contributed by atoms with van der Waals surface area (Å²) in [5.41, 5.74) is 0. The molecule has 1 rings (SSSR count). The Morgan fingerprint density at radius 2 is 2.31 bits per heavy atom. The third-order valence-corrected chi connectivity index (χ3v) is 3.26. The van der Waals surface area contributed by atoms with Crippen LogP contribution in [0.25, 0.3) is 0 Å². The van der Waals surface area contributed by atoms with Gasteiger partial charge in [0, 0.05) is 18.5 Å². The molecular formula is C13H26N2O. The number of hydrogen-bond acceptors (Lipinski definition) is 2. The summed E-state index contributed by atoms with van der Waals surface area (Å²) in [7, 11) is 0. The smallest absolute Gasteiger partial charge is 0.220 e. The van der Waals surface area contributed by atoms with Gasteiger partial charge in [0.15, 0.2) is 0 Å². The number of rotatable bonds is 6. The molecule has 0 spiro atoms. The van der Waals surface area contributed by atoms with Gasteiger partial charge in [-0.2, -0.15) is 0 Å². The van der Waals surface area contributed by atoms with Crippen LogP contribution in [0.1, 0.15) is 58.8 Å². The highest BCUT2D eigenvalue weighted by Crippen LogP contribution is 2.11. The van der Waals surface area contributed by atoms with Crippen LogP contribution in [-0.4, -0.2) is 24.5 Å². The van der Waals surface area contributed by atoms with E-state index in [-0.39, 0.29) is 5.91 Å². The zero-order valence-corrected chi connectivity index (χ0v) is 10.7. The van der Waals surface area contributed by atoms with Crippen LogP contribution in [0.15, 0.2) is 0 Å². The number of hydrogen-bond donors (Lipinski definition) is 2.